The first-order chi connectivity index (χ1) is 10.6. The molecule has 0 N–H and O–H groups in total. The summed E-state index contributed by atoms with van der Waals surface area (Å²) in [5, 5.41) is 1.41. The van der Waals surface area contributed by atoms with Gasteiger partial charge in [0.1, 0.15) is 0 Å². The minimum absolute atomic E-state index is 0.0946. The molecule has 2 unspecified atom stereocenters. The zero-order valence-corrected chi connectivity index (χ0v) is 13.4. The van der Waals surface area contributed by atoms with Gasteiger partial charge in [0, 0.05) is 34.1 Å². The van der Waals surface area contributed by atoms with Gasteiger partial charge in [0.05, 0.1) is 0 Å². The molecule has 1 heterocycles. The number of halogens is 2. The number of benzene rings is 2. The van der Waals surface area contributed by atoms with Crippen molar-refractivity contribution in [2.45, 2.75) is 11.8 Å². The summed E-state index contributed by atoms with van der Waals surface area (Å²) in [6.45, 7) is 1.63. The van der Waals surface area contributed by atoms with E-state index in [-0.39, 0.29) is 11.3 Å². The van der Waals surface area contributed by atoms with Crippen LogP contribution >= 0.6 is 23.2 Å². The average molecular weight is 332 g/mol. The first-order valence-corrected chi connectivity index (χ1v) is 8.15. The standard InChI is InChI=1S/C18H15Cl2NO/c19-15-5-1-12(2-6-15)17(22)21-10-14-9-18(14,11-21)13-3-7-16(20)8-4-13/h1-8,14H,9-11H2. The molecule has 2 aliphatic rings. The number of fused-ring (bicyclic) bond motifs is 1. The highest BCUT2D eigenvalue weighted by Crippen LogP contribution is 2.59. The Labute approximate surface area is 139 Å². The largest absolute Gasteiger partial charge is 0.337 e. The maximum atomic E-state index is 12.6. The van der Waals surface area contributed by atoms with Crippen LogP contribution in [0.25, 0.3) is 0 Å². The SMILES string of the molecule is O=C(c1ccc(Cl)cc1)N1CC2CC2(c2ccc(Cl)cc2)C1. The van der Waals surface area contributed by atoms with Gasteiger partial charge in [-0.25, -0.2) is 0 Å². The highest BCUT2D eigenvalue weighted by Gasteiger charge is 2.61. The molecule has 2 nitrogen and oxygen atoms in total. The van der Waals surface area contributed by atoms with E-state index in [1.807, 2.05) is 17.0 Å². The van der Waals surface area contributed by atoms with Crippen LogP contribution in [0.2, 0.25) is 10.0 Å². The van der Waals surface area contributed by atoms with Crippen LogP contribution in [0.5, 0.6) is 0 Å². The highest BCUT2D eigenvalue weighted by atomic mass is 35.5. The molecule has 0 spiro atoms. The normalized spacial score (nSPS) is 25.9. The Kier molecular flexibility index (Phi) is 3.21. The average Bonchev–Trinajstić information content (AvgIpc) is 3.10. The zero-order valence-electron chi connectivity index (χ0n) is 11.9. The summed E-state index contributed by atoms with van der Waals surface area (Å²) in [5.74, 6) is 0.669. The molecular formula is C18H15Cl2NO. The summed E-state index contributed by atoms with van der Waals surface area (Å²) < 4.78 is 0. The molecule has 0 aromatic heterocycles. The monoisotopic (exact) mass is 331 g/mol. The van der Waals surface area contributed by atoms with Gasteiger partial charge in [-0.05, 0) is 54.3 Å². The predicted octanol–water partition coefficient (Wildman–Crippen LogP) is 4.41. The van der Waals surface area contributed by atoms with Crippen LogP contribution in [0.15, 0.2) is 48.5 Å². The predicted molar refractivity (Wildman–Crippen MR) is 88.6 cm³/mol. The molecule has 0 radical (unpaired) electrons. The van der Waals surface area contributed by atoms with E-state index in [2.05, 4.69) is 12.1 Å². The quantitative estimate of drug-likeness (QED) is 0.798. The Morgan fingerprint density at radius 3 is 2.23 bits per heavy atom. The van der Waals surface area contributed by atoms with Gasteiger partial charge in [-0.1, -0.05) is 35.3 Å². The Morgan fingerprint density at radius 2 is 1.59 bits per heavy atom. The number of nitrogens with zero attached hydrogens (tertiary/aromatic N) is 1. The van der Waals surface area contributed by atoms with E-state index in [4.69, 9.17) is 23.2 Å². The number of piperidine rings is 1. The van der Waals surface area contributed by atoms with Crippen molar-refractivity contribution in [3.63, 3.8) is 0 Å². The minimum atomic E-state index is 0.0946. The lowest BCUT2D eigenvalue weighted by Gasteiger charge is -2.21. The fourth-order valence-corrected chi connectivity index (χ4v) is 3.89. The smallest absolute Gasteiger partial charge is 0.253 e. The van der Waals surface area contributed by atoms with Gasteiger partial charge in [-0.2, -0.15) is 0 Å². The van der Waals surface area contributed by atoms with Crippen molar-refractivity contribution in [2.24, 2.45) is 5.92 Å². The summed E-state index contributed by atoms with van der Waals surface area (Å²) in [6.07, 6.45) is 1.17. The molecule has 1 aliphatic heterocycles. The van der Waals surface area contributed by atoms with E-state index < -0.39 is 0 Å². The molecule has 112 valence electrons. The molecule has 1 aliphatic carbocycles. The molecular weight excluding hydrogens is 317 g/mol. The summed E-state index contributed by atoms with van der Waals surface area (Å²) in [6, 6.07) is 15.2. The summed E-state index contributed by atoms with van der Waals surface area (Å²) in [7, 11) is 0. The summed E-state index contributed by atoms with van der Waals surface area (Å²) in [5.41, 5.74) is 2.15. The molecule has 1 saturated carbocycles. The molecule has 4 heteroatoms. The molecule has 2 atom stereocenters. The molecule has 1 amide bonds. The van der Waals surface area contributed by atoms with Crippen molar-refractivity contribution in [3.05, 3.63) is 69.7 Å². The van der Waals surface area contributed by atoms with Crippen molar-refractivity contribution in [1.29, 1.82) is 0 Å². The van der Waals surface area contributed by atoms with E-state index >= 15 is 0 Å². The molecule has 2 aromatic carbocycles. The van der Waals surface area contributed by atoms with Crippen LogP contribution in [-0.2, 0) is 5.41 Å². The Morgan fingerprint density at radius 1 is 1.00 bits per heavy atom. The van der Waals surface area contributed by atoms with Crippen molar-refractivity contribution >= 4 is 29.1 Å². The van der Waals surface area contributed by atoms with Crippen LogP contribution < -0.4 is 0 Å². The lowest BCUT2D eigenvalue weighted by Crippen LogP contribution is -2.32. The van der Waals surface area contributed by atoms with E-state index in [0.717, 1.165) is 18.1 Å². The zero-order chi connectivity index (χ0) is 15.3. The number of hydrogen-bond donors (Lipinski definition) is 0. The van der Waals surface area contributed by atoms with Gasteiger partial charge in [0.2, 0.25) is 0 Å². The molecule has 22 heavy (non-hydrogen) atoms. The van der Waals surface area contributed by atoms with Crippen LogP contribution in [0.4, 0.5) is 0 Å². The van der Waals surface area contributed by atoms with Crippen LogP contribution in [0.1, 0.15) is 22.3 Å². The van der Waals surface area contributed by atoms with Crippen molar-refractivity contribution < 1.29 is 4.79 Å². The lowest BCUT2D eigenvalue weighted by atomic mass is 9.95. The third-order valence-electron chi connectivity index (χ3n) is 4.94. The fraction of sp³-hybridized carbons (Fsp3) is 0.278. The molecule has 2 aromatic rings. The van der Waals surface area contributed by atoms with Gasteiger partial charge < -0.3 is 4.90 Å². The second kappa shape index (κ2) is 5.00. The van der Waals surface area contributed by atoms with Crippen molar-refractivity contribution in [2.75, 3.05) is 13.1 Å². The summed E-state index contributed by atoms with van der Waals surface area (Å²) in [4.78, 5) is 14.6. The minimum Gasteiger partial charge on any atom is -0.337 e. The first kappa shape index (κ1) is 14.1. The third-order valence-corrected chi connectivity index (χ3v) is 5.45. The second-order valence-corrected chi connectivity index (χ2v) is 7.13. The van der Waals surface area contributed by atoms with Crippen LogP contribution in [-0.4, -0.2) is 23.9 Å². The molecule has 2 fully saturated rings. The topological polar surface area (TPSA) is 20.3 Å². The number of carbonyl (C=O) groups is 1. The number of likely N-dealkylation sites (tertiary alicyclic amines) is 1. The Hall–Kier alpha value is -1.51. The van der Waals surface area contributed by atoms with Crippen LogP contribution in [0, 0.1) is 5.92 Å². The van der Waals surface area contributed by atoms with Crippen molar-refractivity contribution in [1.82, 2.24) is 4.90 Å². The van der Waals surface area contributed by atoms with E-state index in [9.17, 15) is 4.79 Å². The van der Waals surface area contributed by atoms with E-state index in [0.29, 0.717) is 16.5 Å². The van der Waals surface area contributed by atoms with Gasteiger partial charge in [-0.3, -0.25) is 4.79 Å². The Bertz CT molecular complexity index is 726. The maximum Gasteiger partial charge on any atom is 0.253 e. The first-order valence-electron chi connectivity index (χ1n) is 7.39. The molecule has 1 saturated heterocycles. The Balaban J connectivity index is 1.54. The van der Waals surface area contributed by atoms with E-state index in [1.54, 1.807) is 24.3 Å². The van der Waals surface area contributed by atoms with Gasteiger partial charge in [-0.15, -0.1) is 0 Å². The number of hydrogen-bond acceptors (Lipinski definition) is 1. The lowest BCUT2D eigenvalue weighted by molar-refractivity contribution is 0.0772. The number of rotatable bonds is 2. The number of carbonyl (C=O) groups excluding carboxylic acids is 1. The maximum absolute atomic E-state index is 12.6. The fourth-order valence-electron chi connectivity index (χ4n) is 3.64. The van der Waals surface area contributed by atoms with E-state index in [1.165, 1.54) is 12.0 Å². The van der Waals surface area contributed by atoms with Gasteiger partial charge in [0.15, 0.2) is 0 Å². The van der Waals surface area contributed by atoms with Crippen molar-refractivity contribution in [3.8, 4) is 0 Å². The number of amides is 1. The van der Waals surface area contributed by atoms with Gasteiger partial charge >= 0.3 is 0 Å². The van der Waals surface area contributed by atoms with Gasteiger partial charge in [0.25, 0.3) is 5.91 Å². The summed E-state index contributed by atoms with van der Waals surface area (Å²) >= 11 is 11.9. The third kappa shape index (κ3) is 2.22. The second-order valence-electron chi connectivity index (χ2n) is 6.26. The molecule has 0 bridgehead atoms. The molecule has 4 rings (SSSR count). The van der Waals surface area contributed by atoms with Crippen LogP contribution in [0.3, 0.4) is 0 Å². The highest BCUT2D eigenvalue weighted by molar-refractivity contribution is 6.30.